The molecule has 0 spiro atoms. The summed E-state index contributed by atoms with van der Waals surface area (Å²) in [7, 11) is 0. The van der Waals surface area contributed by atoms with Crippen LogP contribution in [0.4, 0.5) is 21.8 Å². The van der Waals surface area contributed by atoms with Crippen LogP contribution in [0.1, 0.15) is 13.3 Å². The number of hydrogen-bond donors (Lipinski definition) is 2. The molecule has 0 aliphatic heterocycles. The van der Waals surface area contributed by atoms with Crippen molar-refractivity contribution in [3.8, 4) is 0 Å². The van der Waals surface area contributed by atoms with Gasteiger partial charge >= 0.3 is 0 Å². The third kappa shape index (κ3) is 3.71. The largest absolute Gasteiger partial charge is 0.354 e. The van der Waals surface area contributed by atoms with E-state index in [1.54, 1.807) is 0 Å². The Hall–Kier alpha value is -1.59. The van der Waals surface area contributed by atoms with Gasteiger partial charge in [-0.2, -0.15) is 4.98 Å². The van der Waals surface area contributed by atoms with E-state index in [-0.39, 0.29) is 0 Å². The molecular weight excluding hydrogens is 302 g/mol. The SMILES string of the molecule is CCCNc1ncc(Cl)c(Nc2cc(F)ccc2Cl)n1. The molecule has 4 nitrogen and oxygen atoms in total. The summed E-state index contributed by atoms with van der Waals surface area (Å²) >= 11 is 12.0. The predicted octanol–water partition coefficient (Wildman–Crippen LogP) is 4.49. The molecule has 0 bridgehead atoms. The van der Waals surface area contributed by atoms with Crippen LogP contribution in [0.5, 0.6) is 0 Å². The van der Waals surface area contributed by atoms with Crippen molar-refractivity contribution in [2.24, 2.45) is 0 Å². The summed E-state index contributed by atoms with van der Waals surface area (Å²) in [5.41, 5.74) is 0.397. The number of anilines is 3. The minimum absolute atomic E-state index is 0.326. The van der Waals surface area contributed by atoms with Crippen LogP contribution in [0.15, 0.2) is 24.4 Å². The fourth-order valence-electron chi connectivity index (χ4n) is 1.50. The maximum Gasteiger partial charge on any atom is 0.224 e. The number of halogens is 3. The summed E-state index contributed by atoms with van der Waals surface area (Å²) < 4.78 is 13.2. The molecule has 20 heavy (non-hydrogen) atoms. The highest BCUT2D eigenvalue weighted by atomic mass is 35.5. The Balaban J connectivity index is 2.25. The van der Waals surface area contributed by atoms with Gasteiger partial charge in [-0.25, -0.2) is 9.37 Å². The number of hydrogen-bond acceptors (Lipinski definition) is 4. The van der Waals surface area contributed by atoms with Crippen molar-refractivity contribution in [3.63, 3.8) is 0 Å². The summed E-state index contributed by atoms with van der Waals surface area (Å²) in [6.07, 6.45) is 2.42. The van der Waals surface area contributed by atoms with E-state index in [9.17, 15) is 4.39 Å². The first-order valence-corrected chi connectivity index (χ1v) is 6.84. The minimum Gasteiger partial charge on any atom is -0.354 e. The maximum absolute atomic E-state index is 13.2. The molecule has 0 atom stereocenters. The van der Waals surface area contributed by atoms with Gasteiger partial charge in [0.25, 0.3) is 0 Å². The number of rotatable bonds is 5. The molecule has 2 N–H and O–H groups in total. The van der Waals surface area contributed by atoms with E-state index in [1.807, 2.05) is 6.92 Å². The Morgan fingerprint density at radius 3 is 2.80 bits per heavy atom. The van der Waals surface area contributed by atoms with Gasteiger partial charge in [0.05, 0.1) is 16.9 Å². The summed E-state index contributed by atoms with van der Waals surface area (Å²) in [6, 6.07) is 4.02. The molecule has 7 heteroatoms. The van der Waals surface area contributed by atoms with Crippen LogP contribution >= 0.6 is 23.2 Å². The number of aromatic nitrogens is 2. The van der Waals surface area contributed by atoms with Gasteiger partial charge in [0.2, 0.25) is 5.95 Å². The van der Waals surface area contributed by atoms with Crippen LogP contribution in [0.2, 0.25) is 10.0 Å². The summed E-state index contributed by atoms with van der Waals surface area (Å²) in [5, 5.41) is 6.65. The molecule has 2 aromatic rings. The highest BCUT2D eigenvalue weighted by Crippen LogP contribution is 2.29. The van der Waals surface area contributed by atoms with Crippen LogP contribution < -0.4 is 10.6 Å². The second-order valence-corrected chi connectivity index (χ2v) is 4.88. The van der Waals surface area contributed by atoms with Crippen molar-refractivity contribution in [1.29, 1.82) is 0 Å². The van der Waals surface area contributed by atoms with Gasteiger partial charge in [0, 0.05) is 6.54 Å². The van der Waals surface area contributed by atoms with E-state index in [4.69, 9.17) is 23.2 Å². The zero-order valence-electron chi connectivity index (χ0n) is 10.8. The molecule has 0 aliphatic carbocycles. The van der Waals surface area contributed by atoms with Crippen molar-refractivity contribution in [2.45, 2.75) is 13.3 Å². The Morgan fingerprint density at radius 1 is 1.25 bits per heavy atom. The van der Waals surface area contributed by atoms with E-state index in [0.29, 0.717) is 27.5 Å². The molecule has 0 radical (unpaired) electrons. The zero-order valence-corrected chi connectivity index (χ0v) is 12.3. The lowest BCUT2D eigenvalue weighted by Gasteiger charge is -2.11. The zero-order chi connectivity index (χ0) is 14.5. The molecule has 1 aromatic heterocycles. The lowest BCUT2D eigenvalue weighted by atomic mass is 10.3. The quantitative estimate of drug-likeness (QED) is 0.853. The number of nitrogens with zero attached hydrogens (tertiary/aromatic N) is 2. The van der Waals surface area contributed by atoms with Crippen molar-refractivity contribution < 1.29 is 4.39 Å². The number of nitrogens with one attached hydrogen (secondary N) is 2. The second-order valence-electron chi connectivity index (χ2n) is 4.07. The molecule has 1 heterocycles. The standard InChI is InChI=1S/C13H13Cl2FN4/c1-2-5-17-13-18-7-10(15)12(20-13)19-11-6-8(16)3-4-9(11)14/h3-4,6-7H,2,5H2,1H3,(H2,17,18,19,20). The van der Waals surface area contributed by atoms with Crippen LogP contribution in [0, 0.1) is 5.82 Å². The first-order chi connectivity index (χ1) is 9.60. The van der Waals surface area contributed by atoms with Gasteiger partial charge in [-0.15, -0.1) is 0 Å². The summed E-state index contributed by atoms with van der Waals surface area (Å²) in [5.74, 6) is 0.422. The third-order valence-electron chi connectivity index (χ3n) is 2.46. The first-order valence-electron chi connectivity index (χ1n) is 6.08. The van der Waals surface area contributed by atoms with Crippen LogP contribution in [-0.2, 0) is 0 Å². The van der Waals surface area contributed by atoms with E-state index >= 15 is 0 Å². The average molecular weight is 315 g/mol. The molecule has 0 saturated heterocycles. The van der Waals surface area contributed by atoms with Crippen LogP contribution in [0.25, 0.3) is 0 Å². The van der Waals surface area contributed by atoms with Gasteiger partial charge in [-0.1, -0.05) is 30.1 Å². The molecule has 0 saturated carbocycles. The molecule has 0 aliphatic rings. The maximum atomic E-state index is 13.2. The van der Waals surface area contributed by atoms with E-state index in [1.165, 1.54) is 24.4 Å². The predicted molar refractivity (Wildman–Crippen MR) is 80.5 cm³/mol. The Bertz CT molecular complexity index is 607. The second kappa shape index (κ2) is 6.72. The molecular formula is C13H13Cl2FN4. The van der Waals surface area contributed by atoms with Crippen LogP contribution in [0.3, 0.4) is 0 Å². The average Bonchev–Trinajstić information content (AvgIpc) is 2.43. The normalized spacial score (nSPS) is 10.4. The van der Waals surface area contributed by atoms with Gasteiger partial charge in [-0.3, -0.25) is 0 Å². The van der Waals surface area contributed by atoms with Gasteiger partial charge in [0.15, 0.2) is 5.82 Å². The van der Waals surface area contributed by atoms with Crippen LogP contribution in [-0.4, -0.2) is 16.5 Å². The Labute approximate surface area is 126 Å². The fraction of sp³-hybridized carbons (Fsp3) is 0.231. The Morgan fingerprint density at radius 2 is 2.05 bits per heavy atom. The Kier molecular flexibility index (Phi) is 4.98. The molecule has 1 aromatic carbocycles. The van der Waals surface area contributed by atoms with Gasteiger partial charge in [0.1, 0.15) is 10.8 Å². The van der Waals surface area contributed by atoms with E-state index in [0.717, 1.165) is 13.0 Å². The highest BCUT2D eigenvalue weighted by molar-refractivity contribution is 6.34. The number of benzene rings is 1. The van der Waals surface area contributed by atoms with Gasteiger partial charge in [-0.05, 0) is 24.6 Å². The first kappa shape index (κ1) is 14.8. The third-order valence-corrected chi connectivity index (χ3v) is 3.06. The molecule has 0 fully saturated rings. The van der Waals surface area contributed by atoms with Crippen molar-refractivity contribution >= 4 is 40.7 Å². The summed E-state index contributed by atoms with van der Waals surface area (Å²) in [4.78, 5) is 8.29. The molecule has 0 amide bonds. The van der Waals surface area contributed by atoms with E-state index < -0.39 is 5.82 Å². The lowest BCUT2D eigenvalue weighted by Crippen LogP contribution is -2.06. The molecule has 106 valence electrons. The molecule has 2 rings (SSSR count). The molecule has 0 unspecified atom stereocenters. The van der Waals surface area contributed by atoms with Gasteiger partial charge < -0.3 is 10.6 Å². The topological polar surface area (TPSA) is 49.8 Å². The smallest absolute Gasteiger partial charge is 0.224 e. The lowest BCUT2D eigenvalue weighted by molar-refractivity contribution is 0.628. The van der Waals surface area contributed by atoms with Crippen molar-refractivity contribution in [1.82, 2.24) is 9.97 Å². The van der Waals surface area contributed by atoms with Crippen molar-refractivity contribution in [2.75, 3.05) is 17.2 Å². The highest BCUT2D eigenvalue weighted by Gasteiger charge is 2.08. The minimum atomic E-state index is -0.397. The summed E-state index contributed by atoms with van der Waals surface area (Å²) in [6.45, 7) is 2.79. The fourth-order valence-corrected chi connectivity index (χ4v) is 1.80. The van der Waals surface area contributed by atoms with Crippen molar-refractivity contribution in [3.05, 3.63) is 40.3 Å². The monoisotopic (exact) mass is 314 g/mol. The van der Waals surface area contributed by atoms with E-state index in [2.05, 4.69) is 20.6 Å².